The molecule has 2 aromatic rings. The topological polar surface area (TPSA) is 135 Å². The molecule has 10 nitrogen and oxygen atoms in total. The molecule has 0 spiro atoms. The Morgan fingerprint density at radius 2 is 1.94 bits per heavy atom. The van der Waals surface area contributed by atoms with Gasteiger partial charge in [-0.05, 0) is 44.4 Å². The molecule has 3 rings (SSSR count). The number of benzene rings is 1. The van der Waals surface area contributed by atoms with Gasteiger partial charge in [-0.15, -0.1) is 11.3 Å². The molecule has 2 amide bonds. The number of hydrazine groups is 1. The van der Waals surface area contributed by atoms with Gasteiger partial charge in [0.1, 0.15) is 12.1 Å². The number of nitrogens with one attached hydrogen (secondary N) is 2. The molecule has 1 saturated heterocycles. The van der Waals surface area contributed by atoms with Crippen molar-refractivity contribution in [2.75, 3.05) is 19.7 Å². The van der Waals surface area contributed by atoms with Crippen molar-refractivity contribution in [1.82, 2.24) is 20.1 Å². The first-order valence-electron chi connectivity index (χ1n) is 10.6. The highest BCUT2D eigenvalue weighted by Gasteiger charge is 2.31. The Hall–Kier alpha value is -2.54. The van der Waals surface area contributed by atoms with Gasteiger partial charge in [0.15, 0.2) is 0 Å². The quantitative estimate of drug-likeness (QED) is 0.320. The lowest BCUT2D eigenvalue weighted by Gasteiger charge is -2.30. The van der Waals surface area contributed by atoms with Crippen LogP contribution in [-0.4, -0.2) is 55.2 Å². The molecule has 13 heteroatoms. The second-order valence-corrected chi connectivity index (χ2v) is 10.9. The predicted octanol–water partition coefficient (Wildman–Crippen LogP) is 2.39. The Morgan fingerprint density at radius 3 is 2.59 bits per heavy atom. The number of sulfonamides is 1. The number of carbonyl (C=O) groups excluding carboxylic acids is 3. The second kappa shape index (κ2) is 11.3. The van der Waals surface area contributed by atoms with E-state index < -0.39 is 34.2 Å². The van der Waals surface area contributed by atoms with E-state index in [0.29, 0.717) is 31.0 Å². The van der Waals surface area contributed by atoms with Crippen LogP contribution < -0.4 is 10.9 Å². The summed E-state index contributed by atoms with van der Waals surface area (Å²) in [7, 11) is -3.65. The summed E-state index contributed by atoms with van der Waals surface area (Å²) in [6, 6.07) is 4.71. The molecule has 0 bridgehead atoms. The number of amides is 2. The van der Waals surface area contributed by atoms with Crippen LogP contribution in [0, 0.1) is 6.92 Å². The molecule has 1 aliphatic heterocycles. The molecule has 1 aromatic carbocycles. The number of halogens is 1. The van der Waals surface area contributed by atoms with Crippen molar-refractivity contribution in [2.45, 2.75) is 43.9 Å². The molecule has 0 unspecified atom stereocenters. The first-order chi connectivity index (χ1) is 16.1. The molecule has 34 heavy (non-hydrogen) atoms. The minimum absolute atomic E-state index is 0.0120. The highest BCUT2D eigenvalue weighted by molar-refractivity contribution is 7.89. The maximum atomic E-state index is 13.0. The summed E-state index contributed by atoms with van der Waals surface area (Å²) >= 11 is 7.40. The lowest BCUT2D eigenvalue weighted by atomic mass is 9.99. The molecule has 0 aliphatic carbocycles. The van der Waals surface area contributed by atoms with E-state index in [-0.39, 0.29) is 23.1 Å². The van der Waals surface area contributed by atoms with Crippen LogP contribution in [-0.2, 0) is 24.3 Å². The van der Waals surface area contributed by atoms with Crippen molar-refractivity contribution in [3.63, 3.8) is 0 Å². The second-order valence-electron chi connectivity index (χ2n) is 7.64. The van der Waals surface area contributed by atoms with Gasteiger partial charge in [-0.1, -0.05) is 17.7 Å². The molecule has 0 atom stereocenters. The summed E-state index contributed by atoms with van der Waals surface area (Å²) in [5, 5.41) is 2.69. The van der Waals surface area contributed by atoms with E-state index in [1.165, 1.54) is 21.7 Å². The molecule has 1 aliphatic rings. The molecule has 2 heterocycles. The third-order valence-electron chi connectivity index (χ3n) is 5.26. The highest BCUT2D eigenvalue weighted by Crippen LogP contribution is 2.33. The largest absolute Gasteiger partial charge is 0.466 e. The Labute approximate surface area is 206 Å². The van der Waals surface area contributed by atoms with E-state index in [1.807, 2.05) is 6.92 Å². The van der Waals surface area contributed by atoms with E-state index in [2.05, 4.69) is 20.6 Å². The Balaban J connectivity index is 1.54. The number of hydrogen-bond acceptors (Lipinski definition) is 8. The summed E-state index contributed by atoms with van der Waals surface area (Å²) in [6.07, 6.45) is 0.611. The van der Waals surface area contributed by atoms with E-state index in [0.717, 1.165) is 10.6 Å². The van der Waals surface area contributed by atoms with Crippen molar-refractivity contribution in [3.05, 3.63) is 44.9 Å². The average molecular weight is 529 g/mol. The first-order valence-corrected chi connectivity index (χ1v) is 13.3. The number of thiazole rings is 1. The van der Waals surface area contributed by atoms with Gasteiger partial charge in [0.05, 0.1) is 16.5 Å². The van der Waals surface area contributed by atoms with Crippen LogP contribution in [0.1, 0.15) is 53.2 Å². The van der Waals surface area contributed by atoms with Crippen LogP contribution in [0.4, 0.5) is 0 Å². The molecular formula is C21H25ClN4O6S2. The number of carbonyl (C=O) groups is 3. The average Bonchev–Trinajstić information content (AvgIpc) is 3.30. The van der Waals surface area contributed by atoms with Crippen molar-refractivity contribution in [1.29, 1.82) is 0 Å². The van der Waals surface area contributed by atoms with Gasteiger partial charge in [-0.2, -0.15) is 4.31 Å². The number of aromatic nitrogens is 1. The zero-order valence-corrected chi connectivity index (χ0v) is 21.1. The van der Waals surface area contributed by atoms with Crippen LogP contribution in [0.25, 0.3) is 0 Å². The third kappa shape index (κ3) is 6.32. The van der Waals surface area contributed by atoms with Crippen molar-refractivity contribution < 1.29 is 27.5 Å². The molecular weight excluding hydrogens is 504 g/mol. The van der Waals surface area contributed by atoms with Gasteiger partial charge in [0, 0.05) is 29.4 Å². The summed E-state index contributed by atoms with van der Waals surface area (Å²) < 4.78 is 32.0. The third-order valence-corrected chi connectivity index (χ3v) is 8.57. The molecule has 1 fully saturated rings. The van der Waals surface area contributed by atoms with Crippen LogP contribution in [0.2, 0.25) is 5.02 Å². The zero-order chi connectivity index (χ0) is 24.9. The fraction of sp³-hybridized carbons (Fsp3) is 0.429. The Kier molecular flexibility index (Phi) is 8.63. The lowest BCUT2D eigenvalue weighted by Crippen LogP contribution is -2.42. The molecule has 0 saturated carbocycles. The lowest BCUT2D eigenvalue weighted by molar-refractivity contribution is -0.146. The summed E-state index contributed by atoms with van der Waals surface area (Å²) in [4.78, 5) is 39.7. The zero-order valence-electron chi connectivity index (χ0n) is 18.7. The van der Waals surface area contributed by atoms with Crippen molar-refractivity contribution in [3.8, 4) is 0 Å². The maximum absolute atomic E-state index is 13.0. The van der Waals surface area contributed by atoms with Gasteiger partial charge in [0.25, 0.3) is 5.91 Å². The fourth-order valence-electron chi connectivity index (χ4n) is 3.38. The van der Waals surface area contributed by atoms with Gasteiger partial charge in [-0.25, -0.2) is 13.4 Å². The van der Waals surface area contributed by atoms with E-state index in [1.54, 1.807) is 24.4 Å². The monoisotopic (exact) mass is 528 g/mol. The van der Waals surface area contributed by atoms with Gasteiger partial charge in [-0.3, -0.25) is 25.2 Å². The Bertz CT molecular complexity index is 1180. The van der Waals surface area contributed by atoms with Crippen molar-refractivity contribution in [2.24, 2.45) is 0 Å². The number of piperidine rings is 1. The molecule has 184 valence electrons. The van der Waals surface area contributed by atoms with Gasteiger partial charge >= 0.3 is 5.97 Å². The number of esters is 1. The number of hydrogen-bond donors (Lipinski definition) is 2. The van der Waals surface area contributed by atoms with E-state index in [4.69, 9.17) is 11.6 Å². The Morgan fingerprint density at radius 1 is 1.24 bits per heavy atom. The van der Waals surface area contributed by atoms with Crippen LogP contribution in [0.5, 0.6) is 0 Å². The van der Waals surface area contributed by atoms with Gasteiger partial charge in [0.2, 0.25) is 15.9 Å². The fourth-order valence-corrected chi connectivity index (χ4v) is 6.10. The summed E-state index contributed by atoms with van der Waals surface area (Å²) in [5.41, 5.74) is 5.30. The normalized spacial score (nSPS) is 15.0. The predicted molar refractivity (Wildman–Crippen MR) is 126 cm³/mol. The van der Waals surface area contributed by atoms with Crippen LogP contribution in [0.3, 0.4) is 0 Å². The smallest absolute Gasteiger partial charge is 0.315 e. The molecule has 0 radical (unpaired) electrons. The SMILES string of the molecule is CCOC(=O)CC(=O)NNC(=O)c1csc(C2CCN(S(=O)(=O)c3ccc(C)c(Cl)c3)CC2)n1. The number of aryl methyl sites for hydroxylation is 1. The van der Waals surface area contributed by atoms with Crippen LogP contribution >= 0.6 is 22.9 Å². The maximum Gasteiger partial charge on any atom is 0.315 e. The van der Waals surface area contributed by atoms with E-state index >= 15 is 0 Å². The highest BCUT2D eigenvalue weighted by atomic mass is 35.5. The number of ether oxygens (including phenoxy) is 1. The van der Waals surface area contributed by atoms with E-state index in [9.17, 15) is 22.8 Å². The number of rotatable bonds is 7. The van der Waals surface area contributed by atoms with Gasteiger partial charge < -0.3 is 4.74 Å². The van der Waals surface area contributed by atoms with Crippen molar-refractivity contribution >= 4 is 50.7 Å². The summed E-state index contributed by atoms with van der Waals surface area (Å²) in [5.74, 6) is -2.00. The number of nitrogens with zero attached hydrogens (tertiary/aromatic N) is 2. The molecule has 1 aromatic heterocycles. The summed E-state index contributed by atoms with van der Waals surface area (Å²) in [6.45, 7) is 4.24. The minimum Gasteiger partial charge on any atom is -0.466 e. The molecule has 2 N–H and O–H groups in total. The standard InChI is InChI=1S/C21H25ClN4O6S2/c1-3-32-19(28)11-18(27)24-25-20(29)17-12-33-21(23-17)14-6-8-26(9-7-14)34(30,31)15-5-4-13(2)16(22)10-15/h4-5,10,12,14H,3,6-9,11H2,1-2H3,(H,24,27)(H,25,29). The first kappa shape index (κ1) is 26.1. The minimum atomic E-state index is -3.65. The van der Waals surface area contributed by atoms with Crippen LogP contribution in [0.15, 0.2) is 28.5 Å².